The highest BCUT2D eigenvalue weighted by atomic mass is 32.2. The van der Waals surface area contributed by atoms with E-state index in [2.05, 4.69) is 14.9 Å². The average Bonchev–Trinajstić information content (AvgIpc) is 2.54. The minimum atomic E-state index is -3.60. The van der Waals surface area contributed by atoms with Crippen LogP contribution in [0.3, 0.4) is 0 Å². The van der Waals surface area contributed by atoms with Crippen molar-refractivity contribution in [2.45, 2.75) is 45.6 Å². The molecule has 0 aliphatic rings. The van der Waals surface area contributed by atoms with Gasteiger partial charge < -0.3 is 5.73 Å². The van der Waals surface area contributed by atoms with Crippen LogP contribution in [0, 0.1) is 19.3 Å². The molecule has 18 heavy (non-hydrogen) atoms. The molecule has 0 fully saturated rings. The second-order valence-electron chi connectivity index (χ2n) is 5.54. The van der Waals surface area contributed by atoms with Crippen molar-refractivity contribution in [3.05, 3.63) is 11.4 Å². The molecular formula is C11H22N4O2S. The van der Waals surface area contributed by atoms with Gasteiger partial charge in [-0.3, -0.25) is 5.10 Å². The number of nitrogens with two attached hydrogens (primary N) is 1. The van der Waals surface area contributed by atoms with Crippen LogP contribution in [-0.4, -0.2) is 31.2 Å². The summed E-state index contributed by atoms with van der Waals surface area (Å²) in [5.41, 5.74) is 6.40. The predicted octanol–water partition coefficient (Wildman–Crippen LogP) is 0.678. The minimum absolute atomic E-state index is 0.213. The van der Waals surface area contributed by atoms with Gasteiger partial charge in [-0.1, -0.05) is 20.8 Å². The normalized spacial score (nSPS) is 14.8. The molecule has 1 atom stereocenters. The van der Waals surface area contributed by atoms with Crippen molar-refractivity contribution in [1.29, 1.82) is 0 Å². The second kappa shape index (κ2) is 4.99. The molecule has 1 rings (SSSR count). The third kappa shape index (κ3) is 3.09. The summed E-state index contributed by atoms with van der Waals surface area (Å²) in [6.07, 6.45) is 0. The zero-order valence-electron chi connectivity index (χ0n) is 11.5. The molecule has 0 aliphatic carbocycles. The lowest BCUT2D eigenvalue weighted by Crippen LogP contribution is -2.48. The Morgan fingerprint density at radius 1 is 1.39 bits per heavy atom. The van der Waals surface area contributed by atoms with E-state index in [-0.39, 0.29) is 22.9 Å². The number of aryl methyl sites for hydroxylation is 2. The molecule has 6 nitrogen and oxygen atoms in total. The zero-order chi connectivity index (χ0) is 14.1. The molecule has 0 aliphatic heterocycles. The molecule has 0 amide bonds. The fourth-order valence-corrected chi connectivity index (χ4v) is 3.59. The van der Waals surface area contributed by atoms with Crippen molar-refractivity contribution in [2.75, 3.05) is 6.54 Å². The Balaban J connectivity index is 3.10. The van der Waals surface area contributed by atoms with Crippen LogP contribution in [0.2, 0.25) is 0 Å². The van der Waals surface area contributed by atoms with Gasteiger partial charge in [-0.25, -0.2) is 13.1 Å². The molecule has 0 radical (unpaired) electrons. The predicted molar refractivity (Wildman–Crippen MR) is 70.7 cm³/mol. The van der Waals surface area contributed by atoms with E-state index in [1.807, 2.05) is 20.8 Å². The molecule has 0 aromatic carbocycles. The summed E-state index contributed by atoms with van der Waals surface area (Å²) in [7, 11) is -3.60. The van der Waals surface area contributed by atoms with Gasteiger partial charge in [0, 0.05) is 12.6 Å². The first-order chi connectivity index (χ1) is 8.09. The summed E-state index contributed by atoms with van der Waals surface area (Å²) < 4.78 is 27.3. The minimum Gasteiger partial charge on any atom is -0.329 e. The van der Waals surface area contributed by atoms with Crippen LogP contribution in [-0.2, 0) is 10.0 Å². The molecule has 0 saturated heterocycles. The van der Waals surface area contributed by atoms with E-state index in [1.165, 1.54) is 0 Å². The molecule has 0 saturated carbocycles. The van der Waals surface area contributed by atoms with Gasteiger partial charge in [-0.05, 0) is 19.3 Å². The van der Waals surface area contributed by atoms with Crippen molar-refractivity contribution in [2.24, 2.45) is 11.1 Å². The second-order valence-corrected chi connectivity index (χ2v) is 7.19. The van der Waals surface area contributed by atoms with E-state index in [4.69, 9.17) is 5.73 Å². The average molecular weight is 274 g/mol. The van der Waals surface area contributed by atoms with Crippen molar-refractivity contribution in [3.8, 4) is 0 Å². The molecule has 104 valence electrons. The maximum absolute atomic E-state index is 12.3. The van der Waals surface area contributed by atoms with Crippen LogP contribution in [0.5, 0.6) is 0 Å². The molecule has 1 unspecified atom stereocenters. The first-order valence-corrected chi connectivity index (χ1v) is 7.32. The first-order valence-electron chi connectivity index (χ1n) is 5.83. The molecule has 0 bridgehead atoms. The quantitative estimate of drug-likeness (QED) is 0.751. The van der Waals surface area contributed by atoms with Crippen LogP contribution in [0.1, 0.15) is 32.2 Å². The van der Waals surface area contributed by atoms with Gasteiger partial charge in [-0.15, -0.1) is 0 Å². The first kappa shape index (κ1) is 15.1. The molecule has 0 spiro atoms. The summed E-state index contributed by atoms with van der Waals surface area (Å²) >= 11 is 0. The fourth-order valence-electron chi connectivity index (χ4n) is 1.76. The van der Waals surface area contributed by atoms with Gasteiger partial charge in [0.1, 0.15) is 4.90 Å². The van der Waals surface area contributed by atoms with Gasteiger partial charge in [0.25, 0.3) is 0 Å². The Labute approximate surface area is 108 Å². The van der Waals surface area contributed by atoms with Crippen LogP contribution >= 0.6 is 0 Å². The van der Waals surface area contributed by atoms with Crippen LogP contribution in [0.25, 0.3) is 0 Å². The van der Waals surface area contributed by atoms with E-state index < -0.39 is 10.0 Å². The van der Waals surface area contributed by atoms with Crippen LogP contribution in [0.4, 0.5) is 0 Å². The van der Waals surface area contributed by atoms with Gasteiger partial charge in [0.05, 0.1) is 11.4 Å². The maximum Gasteiger partial charge on any atom is 0.244 e. The summed E-state index contributed by atoms with van der Waals surface area (Å²) in [5, 5.41) is 6.57. The number of sulfonamides is 1. The summed E-state index contributed by atoms with van der Waals surface area (Å²) in [6, 6.07) is -0.323. The lowest BCUT2D eigenvalue weighted by Gasteiger charge is -2.30. The molecule has 1 aromatic rings. The Morgan fingerprint density at radius 3 is 2.28 bits per heavy atom. The summed E-state index contributed by atoms with van der Waals surface area (Å²) in [4.78, 5) is 0.213. The number of H-pyrrole nitrogens is 1. The molecule has 7 heteroatoms. The largest absolute Gasteiger partial charge is 0.329 e. The molecule has 1 heterocycles. The highest BCUT2D eigenvalue weighted by Gasteiger charge is 2.30. The third-order valence-corrected chi connectivity index (χ3v) is 4.64. The Kier molecular flexibility index (Phi) is 4.19. The number of nitrogens with one attached hydrogen (secondary N) is 2. The number of hydrogen-bond acceptors (Lipinski definition) is 4. The number of aromatic nitrogens is 2. The summed E-state index contributed by atoms with van der Waals surface area (Å²) in [5.74, 6) is 0. The van der Waals surface area contributed by atoms with Crippen LogP contribution in [0.15, 0.2) is 4.90 Å². The van der Waals surface area contributed by atoms with E-state index in [0.717, 1.165) is 0 Å². The fraction of sp³-hybridized carbons (Fsp3) is 0.727. The smallest absolute Gasteiger partial charge is 0.244 e. The van der Waals surface area contributed by atoms with Crippen molar-refractivity contribution >= 4 is 10.0 Å². The lowest BCUT2D eigenvalue weighted by molar-refractivity contribution is 0.304. The summed E-state index contributed by atoms with van der Waals surface area (Å²) in [6.45, 7) is 9.43. The number of aromatic amines is 1. The Morgan fingerprint density at radius 2 is 1.94 bits per heavy atom. The maximum atomic E-state index is 12.3. The number of hydrogen-bond donors (Lipinski definition) is 3. The number of nitrogens with zero attached hydrogens (tertiary/aromatic N) is 1. The Bertz CT molecular complexity index is 494. The zero-order valence-corrected chi connectivity index (χ0v) is 12.4. The van der Waals surface area contributed by atoms with Gasteiger partial charge >= 0.3 is 0 Å². The molecular weight excluding hydrogens is 252 g/mol. The molecule has 4 N–H and O–H groups in total. The van der Waals surface area contributed by atoms with E-state index >= 15 is 0 Å². The van der Waals surface area contributed by atoms with E-state index in [9.17, 15) is 8.42 Å². The Hall–Kier alpha value is -0.920. The van der Waals surface area contributed by atoms with Gasteiger partial charge in [-0.2, -0.15) is 5.10 Å². The van der Waals surface area contributed by atoms with Gasteiger partial charge in [0.15, 0.2) is 0 Å². The number of rotatable bonds is 4. The van der Waals surface area contributed by atoms with Gasteiger partial charge in [0.2, 0.25) is 10.0 Å². The highest BCUT2D eigenvalue weighted by molar-refractivity contribution is 7.89. The third-order valence-electron chi connectivity index (χ3n) is 2.91. The molecule has 1 aromatic heterocycles. The van der Waals surface area contributed by atoms with E-state index in [1.54, 1.807) is 13.8 Å². The highest BCUT2D eigenvalue weighted by Crippen LogP contribution is 2.22. The van der Waals surface area contributed by atoms with Crippen molar-refractivity contribution < 1.29 is 8.42 Å². The lowest BCUT2D eigenvalue weighted by atomic mass is 9.88. The van der Waals surface area contributed by atoms with Crippen molar-refractivity contribution in [3.63, 3.8) is 0 Å². The topological polar surface area (TPSA) is 101 Å². The standard InChI is InChI=1S/C11H22N4O2S/c1-7-10(8(2)14-13-7)18(16,17)15-9(6-12)11(3,4)5/h9,15H,6,12H2,1-5H3,(H,13,14). The van der Waals surface area contributed by atoms with E-state index in [0.29, 0.717) is 11.4 Å². The van der Waals surface area contributed by atoms with Crippen molar-refractivity contribution in [1.82, 2.24) is 14.9 Å². The monoisotopic (exact) mass is 274 g/mol. The van der Waals surface area contributed by atoms with Crippen LogP contribution < -0.4 is 10.5 Å². The SMILES string of the molecule is Cc1n[nH]c(C)c1S(=O)(=O)NC(CN)C(C)(C)C.